The molecule has 306 valence electrons. The second-order valence-electron chi connectivity index (χ2n) is 17.5. The molecular weight excluding hydrogens is 803 g/mol. The van der Waals surface area contributed by atoms with Gasteiger partial charge in [0.25, 0.3) is 0 Å². The third kappa shape index (κ3) is 4.65. The van der Waals surface area contributed by atoms with E-state index in [1.54, 1.807) is 0 Å². The Morgan fingerprint density at radius 2 is 0.803 bits per heavy atom. The molecule has 0 N–H and O–H groups in total. The molecule has 0 aliphatic rings. The van der Waals surface area contributed by atoms with Crippen LogP contribution in [-0.4, -0.2) is 13.8 Å². The first kappa shape index (κ1) is 35.5. The number of nitrogens with zero attached hydrogens (tertiary/aromatic N) is 5. The van der Waals surface area contributed by atoms with Gasteiger partial charge in [-0.05, 0) is 82.9 Å². The fraction of sp³-hybridized carbons (Fsp3) is 0. The second kappa shape index (κ2) is 13.3. The summed E-state index contributed by atoms with van der Waals surface area (Å²) in [4.78, 5) is 10.5. The summed E-state index contributed by atoms with van der Waals surface area (Å²) in [5.74, 6) is 0. The average Bonchev–Trinajstić information content (AvgIpc) is 4.11. The molecule has 15 aromatic rings. The van der Waals surface area contributed by atoms with Gasteiger partial charge in [0.05, 0.1) is 45.2 Å². The minimum atomic E-state index is 0.959. The molecule has 5 nitrogen and oxygen atoms in total. The van der Waals surface area contributed by atoms with Gasteiger partial charge in [0.2, 0.25) is 0 Å². The number of hydrogen-bond donors (Lipinski definition) is 0. The maximum atomic E-state index is 5.68. The van der Waals surface area contributed by atoms with Crippen molar-refractivity contribution < 1.29 is 0 Å². The molecular formula is C61H37N5. The molecule has 0 spiro atoms. The summed E-state index contributed by atoms with van der Waals surface area (Å²) in [5, 5.41) is 14.6. The van der Waals surface area contributed by atoms with Gasteiger partial charge in [0.1, 0.15) is 5.65 Å². The van der Waals surface area contributed by atoms with Crippen molar-refractivity contribution in [2.75, 3.05) is 9.80 Å². The zero-order chi connectivity index (χ0) is 43.0. The molecule has 0 aliphatic heterocycles. The quantitative estimate of drug-likeness (QED) is 0.167. The Labute approximate surface area is 378 Å². The van der Waals surface area contributed by atoms with Gasteiger partial charge >= 0.3 is 0 Å². The Morgan fingerprint density at radius 3 is 1.44 bits per heavy atom. The lowest BCUT2D eigenvalue weighted by Gasteiger charge is -2.28. The molecule has 0 saturated heterocycles. The topological polar surface area (TPSA) is 28.2 Å². The summed E-state index contributed by atoms with van der Waals surface area (Å²) in [6.45, 7) is 0. The molecule has 0 unspecified atom stereocenters. The minimum absolute atomic E-state index is 0.959. The zero-order valence-corrected chi connectivity index (χ0v) is 35.6. The van der Waals surface area contributed by atoms with Crippen molar-refractivity contribution in [1.82, 2.24) is 13.8 Å². The third-order valence-corrected chi connectivity index (χ3v) is 14.1. The highest BCUT2D eigenvalue weighted by molar-refractivity contribution is 6.40. The van der Waals surface area contributed by atoms with Crippen LogP contribution in [0.25, 0.3) is 97.9 Å². The molecule has 66 heavy (non-hydrogen) atoms. The van der Waals surface area contributed by atoms with E-state index in [4.69, 9.17) is 4.98 Å². The second-order valence-corrected chi connectivity index (χ2v) is 17.5. The predicted molar refractivity (Wildman–Crippen MR) is 278 cm³/mol. The molecule has 0 fully saturated rings. The normalized spacial score (nSPS) is 12.2. The maximum absolute atomic E-state index is 5.68. The van der Waals surface area contributed by atoms with Gasteiger partial charge in [-0.25, -0.2) is 4.98 Å². The van der Waals surface area contributed by atoms with Crippen LogP contribution in [0.15, 0.2) is 225 Å². The van der Waals surface area contributed by atoms with Crippen molar-refractivity contribution in [3.8, 4) is 0 Å². The fourth-order valence-electron chi connectivity index (χ4n) is 11.5. The first-order chi connectivity index (χ1) is 32.8. The largest absolute Gasteiger partial charge is 0.308 e. The van der Waals surface area contributed by atoms with Gasteiger partial charge in [0, 0.05) is 71.2 Å². The summed E-state index contributed by atoms with van der Waals surface area (Å²) in [5.41, 5.74) is 13.4. The average molecular weight is 840 g/mol. The lowest BCUT2D eigenvalue weighted by molar-refractivity contribution is 1.24. The molecule has 0 radical (unpaired) electrons. The van der Waals surface area contributed by atoms with E-state index in [0.717, 1.165) is 56.3 Å². The lowest BCUT2D eigenvalue weighted by atomic mass is 9.97. The van der Waals surface area contributed by atoms with Crippen LogP contribution < -0.4 is 9.80 Å². The summed E-state index contributed by atoms with van der Waals surface area (Å²) >= 11 is 0. The smallest absolute Gasteiger partial charge is 0.146 e. The predicted octanol–water partition coefficient (Wildman–Crippen LogP) is 16.6. The molecule has 5 heterocycles. The zero-order valence-electron chi connectivity index (χ0n) is 35.6. The first-order valence-corrected chi connectivity index (χ1v) is 22.6. The van der Waals surface area contributed by atoms with Gasteiger partial charge in [-0.3, -0.25) is 4.40 Å². The van der Waals surface area contributed by atoms with E-state index >= 15 is 0 Å². The number of hydrogen-bond acceptors (Lipinski definition) is 3. The molecule has 0 bridgehead atoms. The highest BCUT2D eigenvalue weighted by Crippen LogP contribution is 2.53. The van der Waals surface area contributed by atoms with E-state index in [2.05, 4.69) is 243 Å². The van der Waals surface area contributed by atoms with Crippen molar-refractivity contribution in [1.29, 1.82) is 0 Å². The van der Waals surface area contributed by atoms with E-state index in [-0.39, 0.29) is 0 Å². The Kier molecular flexibility index (Phi) is 7.16. The van der Waals surface area contributed by atoms with E-state index < -0.39 is 0 Å². The van der Waals surface area contributed by atoms with Crippen LogP contribution in [0.3, 0.4) is 0 Å². The molecule has 0 aliphatic carbocycles. The number of rotatable bonds is 6. The molecule has 0 saturated carbocycles. The molecule has 15 rings (SSSR count). The number of pyridine rings is 1. The van der Waals surface area contributed by atoms with Crippen LogP contribution in [0.4, 0.5) is 34.1 Å². The van der Waals surface area contributed by atoms with Gasteiger partial charge in [-0.1, -0.05) is 152 Å². The number of anilines is 6. The monoisotopic (exact) mass is 839 g/mol. The van der Waals surface area contributed by atoms with Gasteiger partial charge in [-0.15, -0.1) is 0 Å². The van der Waals surface area contributed by atoms with Crippen LogP contribution in [0.5, 0.6) is 0 Å². The highest BCUT2D eigenvalue weighted by atomic mass is 15.2. The van der Waals surface area contributed by atoms with E-state index in [1.807, 2.05) is 0 Å². The van der Waals surface area contributed by atoms with E-state index in [9.17, 15) is 0 Å². The van der Waals surface area contributed by atoms with E-state index in [0.29, 0.717) is 0 Å². The highest BCUT2D eigenvalue weighted by Gasteiger charge is 2.30. The molecule has 5 heteroatoms. The van der Waals surface area contributed by atoms with Gasteiger partial charge in [-0.2, -0.15) is 0 Å². The van der Waals surface area contributed by atoms with E-state index in [1.165, 1.54) is 75.7 Å². The number of benzene rings is 10. The SMILES string of the molecule is c1ccc(N(c2ccccc2)c2cccc3c4cccc5c6c7c8c9ccccc9cc9c%10cc%11ccccc%11c(N(c%11ccccc%11)c%11ccccc%11)c%10n(c7ncc6n(c23)c45)c98)cc1. The van der Waals surface area contributed by atoms with Crippen LogP contribution in [0.2, 0.25) is 0 Å². The molecule has 0 atom stereocenters. The van der Waals surface area contributed by atoms with Crippen LogP contribution >= 0.6 is 0 Å². The Hall–Kier alpha value is -8.93. The Balaban J connectivity index is 1.15. The lowest BCUT2D eigenvalue weighted by Crippen LogP contribution is -2.11. The Bertz CT molecular complexity index is 4310. The third-order valence-electron chi connectivity index (χ3n) is 14.1. The van der Waals surface area contributed by atoms with Gasteiger partial charge in [0.15, 0.2) is 0 Å². The van der Waals surface area contributed by atoms with Crippen molar-refractivity contribution >= 4 is 132 Å². The van der Waals surface area contributed by atoms with Crippen molar-refractivity contribution in [3.05, 3.63) is 225 Å². The summed E-state index contributed by atoms with van der Waals surface area (Å²) in [6.07, 6.45) is 2.15. The standard InChI is InChI=1S/C61H37N5/c1-5-21-40(22-6-1)63(41-23-7-2-8-24-41)51-34-18-32-47-46-31-17-33-48-53-52(65(56(46)48)57(47)51)37-62-61-55(53)54-44-29-15-13-19-38(44)35-49-50-36-39-20-14-16-30-45(39)59(60(50)66(61)58(49)54)64(42-25-9-3-10-26-42)43-27-11-4-12-28-43/h1-37H. The first-order valence-electron chi connectivity index (χ1n) is 22.6. The summed E-state index contributed by atoms with van der Waals surface area (Å²) in [7, 11) is 0. The fourth-order valence-corrected chi connectivity index (χ4v) is 11.5. The molecule has 5 aromatic heterocycles. The van der Waals surface area contributed by atoms with Crippen LogP contribution in [0.1, 0.15) is 0 Å². The minimum Gasteiger partial charge on any atom is -0.308 e. The van der Waals surface area contributed by atoms with Crippen LogP contribution in [-0.2, 0) is 0 Å². The van der Waals surface area contributed by atoms with Crippen molar-refractivity contribution in [2.24, 2.45) is 0 Å². The molecule has 0 amide bonds. The van der Waals surface area contributed by atoms with Gasteiger partial charge < -0.3 is 14.2 Å². The van der Waals surface area contributed by atoms with Crippen molar-refractivity contribution in [2.45, 2.75) is 0 Å². The van der Waals surface area contributed by atoms with Crippen LogP contribution in [0, 0.1) is 0 Å². The van der Waals surface area contributed by atoms with Crippen molar-refractivity contribution in [3.63, 3.8) is 0 Å². The number of aromatic nitrogens is 3. The Morgan fingerprint density at radius 1 is 0.318 bits per heavy atom. The summed E-state index contributed by atoms with van der Waals surface area (Å²) in [6, 6.07) is 79.3. The maximum Gasteiger partial charge on any atom is 0.146 e. The summed E-state index contributed by atoms with van der Waals surface area (Å²) < 4.78 is 5.02. The molecule has 10 aromatic carbocycles. The number of para-hydroxylation sites is 6. The number of fused-ring (bicyclic) bond motifs is 16.